The molecule has 0 bridgehead atoms. The number of carbonyl (C=O) groups excluding carboxylic acids is 1. The molecule has 1 aromatic heterocycles. The van der Waals surface area contributed by atoms with Gasteiger partial charge in [0.05, 0.1) is 24.5 Å². The first-order valence-electron chi connectivity index (χ1n) is 7.73. The van der Waals surface area contributed by atoms with Crippen LogP contribution in [0.5, 0.6) is 0 Å². The minimum atomic E-state index is -1.27. The highest BCUT2D eigenvalue weighted by atomic mass is 19.2. The molecule has 0 radical (unpaired) electrons. The zero-order chi connectivity index (χ0) is 17.3. The van der Waals surface area contributed by atoms with Crippen LogP contribution >= 0.6 is 0 Å². The summed E-state index contributed by atoms with van der Waals surface area (Å²) in [6, 6.07) is 1.75. The van der Waals surface area contributed by atoms with Gasteiger partial charge < -0.3 is 10.4 Å². The van der Waals surface area contributed by atoms with Gasteiger partial charge in [0.2, 0.25) is 0 Å². The quantitative estimate of drug-likeness (QED) is 0.860. The van der Waals surface area contributed by atoms with Crippen molar-refractivity contribution in [3.8, 4) is 0 Å². The van der Waals surface area contributed by atoms with Gasteiger partial charge in [0.1, 0.15) is 5.39 Å². The highest BCUT2D eigenvalue weighted by Crippen LogP contribution is 2.15. The Hall–Kier alpha value is -2.19. The molecule has 24 heavy (non-hydrogen) atoms. The number of nitrogens with one attached hydrogen (secondary N) is 1. The molecule has 2 heterocycles. The van der Waals surface area contributed by atoms with Gasteiger partial charge in [-0.15, -0.1) is 0 Å². The fraction of sp³-hybridized carbons (Fsp3) is 0.438. The maximum Gasteiger partial charge on any atom is 0.264 e. The summed E-state index contributed by atoms with van der Waals surface area (Å²) in [5.74, 6) is -2.70. The minimum Gasteiger partial charge on any atom is -0.391 e. The number of nitrogens with zero attached hydrogens (tertiary/aromatic N) is 2. The Labute approximate surface area is 136 Å². The van der Waals surface area contributed by atoms with E-state index in [1.807, 2.05) is 0 Å². The van der Waals surface area contributed by atoms with Gasteiger partial charge in [-0.05, 0) is 31.5 Å². The van der Waals surface area contributed by atoms with Gasteiger partial charge in [-0.2, -0.15) is 0 Å². The Bertz CT molecular complexity index is 837. The molecule has 1 saturated heterocycles. The summed E-state index contributed by atoms with van der Waals surface area (Å²) in [4.78, 5) is 28.4. The van der Waals surface area contributed by atoms with E-state index in [4.69, 9.17) is 0 Å². The number of carbonyl (C=O) groups is 1. The van der Waals surface area contributed by atoms with Gasteiger partial charge in [-0.1, -0.05) is 0 Å². The highest BCUT2D eigenvalue weighted by molar-refractivity contribution is 5.80. The summed E-state index contributed by atoms with van der Waals surface area (Å²) in [5.41, 5.74) is -0.769. The Morgan fingerprint density at radius 2 is 2.21 bits per heavy atom. The second-order valence-electron chi connectivity index (χ2n) is 5.95. The van der Waals surface area contributed by atoms with Crippen LogP contribution in [0.4, 0.5) is 8.78 Å². The first-order chi connectivity index (χ1) is 11.5. The summed E-state index contributed by atoms with van der Waals surface area (Å²) < 4.78 is 28.1. The van der Waals surface area contributed by atoms with Crippen LogP contribution in [0.1, 0.15) is 19.3 Å². The van der Waals surface area contributed by atoms with E-state index in [0.717, 1.165) is 29.9 Å². The molecule has 3 rings (SSSR count). The third-order valence-electron chi connectivity index (χ3n) is 4.23. The van der Waals surface area contributed by atoms with E-state index in [9.17, 15) is 23.5 Å². The minimum absolute atomic E-state index is 0.0342. The normalized spacial score (nSPS) is 21.1. The molecule has 0 saturated carbocycles. The van der Waals surface area contributed by atoms with Crippen molar-refractivity contribution in [2.24, 2.45) is 0 Å². The number of Topliss-reactive ketones (excluding diaryl/α,β-unsaturated/α-hetero) is 1. The standard InChI is InChI=1S/C16H17F2N3O3/c17-10-3-4-11-14(15(10)18)16(24)21(8-20-11)7-9(22)6-12-13(23)2-1-5-19-12/h3-4,8,12-13,19,23H,1-2,5-7H2/t12-,13+/m1/s1. The number of hydrogen-bond acceptors (Lipinski definition) is 5. The fourth-order valence-corrected chi connectivity index (χ4v) is 2.94. The molecule has 2 atom stereocenters. The number of ketones is 1. The first-order valence-corrected chi connectivity index (χ1v) is 7.73. The largest absolute Gasteiger partial charge is 0.391 e. The van der Waals surface area contributed by atoms with E-state index < -0.39 is 28.7 Å². The number of hydrogen-bond donors (Lipinski definition) is 2. The van der Waals surface area contributed by atoms with Crippen molar-refractivity contribution in [1.82, 2.24) is 14.9 Å². The Balaban J connectivity index is 1.82. The molecular weight excluding hydrogens is 320 g/mol. The number of fused-ring (bicyclic) bond motifs is 1. The number of aliphatic hydroxyl groups excluding tert-OH is 1. The number of aromatic nitrogens is 2. The van der Waals surface area contributed by atoms with Crippen LogP contribution in [0.25, 0.3) is 10.9 Å². The lowest BCUT2D eigenvalue weighted by atomic mass is 9.97. The molecule has 1 fully saturated rings. The van der Waals surface area contributed by atoms with Crippen LogP contribution < -0.4 is 10.9 Å². The predicted molar refractivity (Wildman–Crippen MR) is 82.6 cm³/mol. The molecule has 8 heteroatoms. The van der Waals surface area contributed by atoms with Crippen molar-refractivity contribution in [2.75, 3.05) is 6.54 Å². The summed E-state index contributed by atoms with van der Waals surface area (Å²) in [7, 11) is 0. The molecule has 2 aromatic rings. The lowest BCUT2D eigenvalue weighted by Gasteiger charge is -2.28. The molecule has 6 nitrogen and oxygen atoms in total. The van der Waals surface area contributed by atoms with Crippen LogP contribution in [0.15, 0.2) is 23.3 Å². The van der Waals surface area contributed by atoms with E-state index >= 15 is 0 Å². The van der Waals surface area contributed by atoms with E-state index in [2.05, 4.69) is 10.3 Å². The predicted octanol–water partition coefficient (Wildman–Crippen LogP) is 0.747. The van der Waals surface area contributed by atoms with Crippen LogP contribution in [0.2, 0.25) is 0 Å². The maximum absolute atomic E-state index is 13.8. The first kappa shape index (κ1) is 16.7. The summed E-state index contributed by atoms with van der Waals surface area (Å²) >= 11 is 0. The van der Waals surface area contributed by atoms with E-state index in [1.165, 1.54) is 6.07 Å². The zero-order valence-corrected chi connectivity index (χ0v) is 12.8. The third-order valence-corrected chi connectivity index (χ3v) is 4.23. The topological polar surface area (TPSA) is 84.2 Å². The van der Waals surface area contributed by atoms with Crippen molar-refractivity contribution < 1.29 is 18.7 Å². The Morgan fingerprint density at radius 1 is 1.42 bits per heavy atom. The van der Waals surface area contributed by atoms with E-state index in [-0.39, 0.29) is 30.3 Å². The average Bonchev–Trinajstić information content (AvgIpc) is 2.55. The van der Waals surface area contributed by atoms with Crippen LogP contribution in [-0.4, -0.2) is 39.1 Å². The Kier molecular flexibility index (Phi) is 4.68. The monoisotopic (exact) mass is 337 g/mol. The molecule has 128 valence electrons. The Morgan fingerprint density at radius 3 is 2.96 bits per heavy atom. The lowest BCUT2D eigenvalue weighted by molar-refractivity contribution is -0.121. The van der Waals surface area contributed by atoms with Gasteiger partial charge in [0.15, 0.2) is 17.4 Å². The van der Waals surface area contributed by atoms with Crippen LogP contribution in [0.3, 0.4) is 0 Å². The maximum atomic E-state index is 13.8. The van der Waals surface area contributed by atoms with Crippen molar-refractivity contribution in [2.45, 2.75) is 38.0 Å². The van der Waals surface area contributed by atoms with Crippen molar-refractivity contribution in [3.63, 3.8) is 0 Å². The third kappa shape index (κ3) is 3.20. The lowest BCUT2D eigenvalue weighted by Crippen LogP contribution is -2.46. The van der Waals surface area contributed by atoms with Crippen molar-refractivity contribution in [3.05, 3.63) is 40.4 Å². The van der Waals surface area contributed by atoms with Gasteiger partial charge in [-0.25, -0.2) is 13.8 Å². The van der Waals surface area contributed by atoms with E-state index in [1.54, 1.807) is 0 Å². The van der Waals surface area contributed by atoms with Crippen molar-refractivity contribution in [1.29, 1.82) is 0 Å². The van der Waals surface area contributed by atoms with Crippen LogP contribution in [-0.2, 0) is 11.3 Å². The zero-order valence-electron chi connectivity index (χ0n) is 12.8. The number of benzene rings is 1. The molecule has 1 aliphatic heterocycles. The second kappa shape index (κ2) is 6.74. The van der Waals surface area contributed by atoms with E-state index in [0.29, 0.717) is 6.42 Å². The summed E-state index contributed by atoms with van der Waals surface area (Å²) in [6.45, 7) is 0.416. The molecule has 1 aliphatic rings. The highest BCUT2D eigenvalue weighted by Gasteiger charge is 2.25. The van der Waals surface area contributed by atoms with Crippen LogP contribution in [0, 0.1) is 11.6 Å². The molecule has 0 amide bonds. The van der Waals surface area contributed by atoms with Gasteiger partial charge >= 0.3 is 0 Å². The molecular formula is C16H17F2N3O3. The SMILES string of the molecule is O=C(C[C@H]1NCCC[C@@H]1O)Cn1cnc2ccc(F)c(F)c2c1=O. The average molecular weight is 337 g/mol. The number of halogens is 2. The summed E-state index contributed by atoms with van der Waals surface area (Å²) in [5, 5.41) is 12.5. The number of piperidine rings is 1. The molecule has 0 unspecified atom stereocenters. The smallest absolute Gasteiger partial charge is 0.264 e. The molecule has 0 spiro atoms. The molecule has 1 aromatic carbocycles. The number of aliphatic hydroxyl groups is 1. The van der Waals surface area contributed by atoms with Gasteiger partial charge in [-0.3, -0.25) is 14.2 Å². The summed E-state index contributed by atoms with van der Waals surface area (Å²) in [6.07, 6.45) is 2.04. The van der Waals surface area contributed by atoms with Crippen molar-refractivity contribution >= 4 is 16.7 Å². The molecule has 0 aliphatic carbocycles. The van der Waals surface area contributed by atoms with Gasteiger partial charge in [0, 0.05) is 12.5 Å². The number of rotatable bonds is 4. The fourth-order valence-electron chi connectivity index (χ4n) is 2.94. The second-order valence-corrected chi connectivity index (χ2v) is 5.95. The van der Waals surface area contributed by atoms with Gasteiger partial charge in [0.25, 0.3) is 5.56 Å². The molecule has 2 N–H and O–H groups in total.